The third-order valence-corrected chi connectivity index (χ3v) is 2.91. The first-order chi connectivity index (χ1) is 8.58. The highest BCUT2D eigenvalue weighted by atomic mass is 19.1. The average Bonchev–Trinajstić information content (AvgIpc) is 2.85. The largest absolute Gasteiger partial charge is 0.302 e. The molecule has 1 aromatic carbocycles. The van der Waals surface area contributed by atoms with E-state index in [0.29, 0.717) is 5.56 Å². The number of hydrogen-bond donors (Lipinski definition) is 2. The maximum atomic E-state index is 13.6. The second kappa shape index (κ2) is 5.27. The number of nitrogens with zero attached hydrogens (tertiary/aromatic N) is 1. The average molecular weight is 251 g/mol. The fourth-order valence-electron chi connectivity index (χ4n) is 1.91. The Morgan fingerprint density at radius 2 is 1.94 bits per heavy atom. The number of rotatable bonds is 4. The number of H-pyrrole nitrogens is 1. The van der Waals surface area contributed by atoms with E-state index in [0.717, 1.165) is 17.8 Å². The van der Waals surface area contributed by atoms with Crippen LogP contribution in [-0.2, 0) is 0 Å². The van der Waals surface area contributed by atoms with Crippen molar-refractivity contribution in [2.24, 2.45) is 0 Å². The Morgan fingerprint density at radius 1 is 1.17 bits per heavy atom. The normalized spacial score (nSPS) is 14.4. The first-order valence-corrected chi connectivity index (χ1v) is 5.78. The molecule has 1 heterocycles. The predicted octanol–water partition coefficient (Wildman–Crippen LogP) is 3.10. The molecule has 0 amide bonds. The molecule has 0 aliphatic rings. The lowest BCUT2D eigenvalue weighted by Crippen LogP contribution is -2.23. The summed E-state index contributed by atoms with van der Waals surface area (Å²) in [6.45, 7) is 3.73. The van der Waals surface area contributed by atoms with E-state index in [1.807, 2.05) is 13.0 Å². The summed E-state index contributed by atoms with van der Waals surface area (Å²) in [6, 6.07) is 5.00. The van der Waals surface area contributed by atoms with Crippen LogP contribution in [0.1, 0.15) is 37.2 Å². The number of nitrogens with one attached hydrogen (secondary N) is 2. The summed E-state index contributed by atoms with van der Waals surface area (Å²) >= 11 is 0. The van der Waals surface area contributed by atoms with Gasteiger partial charge in [0.2, 0.25) is 0 Å². The standard InChI is InChI=1S/C13H15F2N3/c1-8(11-7-10(14)3-4-12(11)15)17-9(2)13-5-6-16-18-13/h3-9,17H,1-2H3,(H,16,18). The van der Waals surface area contributed by atoms with E-state index in [4.69, 9.17) is 0 Å². The number of aromatic nitrogens is 2. The van der Waals surface area contributed by atoms with Crippen molar-refractivity contribution >= 4 is 0 Å². The number of benzene rings is 1. The van der Waals surface area contributed by atoms with Gasteiger partial charge in [-0.15, -0.1) is 0 Å². The van der Waals surface area contributed by atoms with Crippen molar-refractivity contribution in [1.82, 2.24) is 15.5 Å². The van der Waals surface area contributed by atoms with Gasteiger partial charge in [-0.1, -0.05) is 0 Å². The second-order valence-corrected chi connectivity index (χ2v) is 4.29. The Morgan fingerprint density at radius 3 is 2.61 bits per heavy atom. The summed E-state index contributed by atoms with van der Waals surface area (Å²) in [6.07, 6.45) is 1.65. The van der Waals surface area contributed by atoms with Crippen LogP contribution in [0.5, 0.6) is 0 Å². The number of hydrogen-bond acceptors (Lipinski definition) is 2. The van der Waals surface area contributed by atoms with Gasteiger partial charge in [-0.05, 0) is 38.1 Å². The molecule has 2 rings (SSSR count). The molecule has 3 nitrogen and oxygen atoms in total. The molecule has 2 unspecified atom stereocenters. The molecule has 0 bridgehead atoms. The molecule has 0 aliphatic carbocycles. The Kier molecular flexibility index (Phi) is 3.72. The lowest BCUT2D eigenvalue weighted by molar-refractivity contribution is 0.463. The molecule has 1 aromatic heterocycles. The molecule has 2 N–H and O–H groups in total. The summed E-state index contributed by atoms with van der Waals surface area (Å²) in [5.74, 6) is -0.845. The molecule has 0 saturated heterocycles. The molecular formula is C13H15F2N3. The van der Waals surface area contributed by atoms with Gasteiger partial charge in [0.1, 0.15) is 11.6 Å². The van der Waals surface area contributed by atoms with Gasteiger partial charge < -0.3 is 5.32 Å². The van der Waals surface area contributed by atoms with Crippen molar-refractivity contribution in [1.29, 1.82) is 0 Å². The SMILES string of the molecule is CC(NC(C)c1cc(F)ccc1F)c1ccn[nH]1. The summed E-state index contributed by atoms with van der Waals surface area (Å²) in [5, 5.41) is 9.88. The van der Waals surface area contributed by atoms with Crippen molar-refractivity contribution in [3.63, 3.8) is 0 Å². The molecule has 2 atom stereocenters. The van der Waals surface area contributed by atoms with Crippen LogP contribution in [0.15, 0.2) is 30.5 Å². The molecule has 0 aliphatic heterocycles. The molecule has 18 heavy (non-hydrogen) atoms. The smallest absolute Gasteiger partial charge is 0.128 e. The van der Waals surface area contributed by atoms with Crippen LogP contribution in [0, 0.1) is 11.6 Å². The maximum absolute atomic E-state index is 13.6. The number of aromatic amines is 1. The van der Waals surface area contributed by atoms with Gasteiger partial charge in [-0.25, -0.2) is 8.78 Å². The van der Waals surface area contributed by atoms with E-state index in [1.165, 1.54) is 6.07 Å². The molecule has 2 aromatic rings. The van der Waals surface area contributed by atoms with Gasteiger partial charge in [0.15, 0.2) is 0 Å². The van der Waals surface area contributed by atoms with Crippen molar-refractivity contribution in [3.8, 4) is 0 Å². The van der Waals surface area contributed by atoms with Crippen LogP contribution in [0.25, 0.3) is 0 Å². The summed E-state index contributed by atoms with van der Waals surface area (Å²) in [4.78, 5) is 0. The zero-order valence-corrected chi connectivity index (χ0v) is 10.2. The van der Waals surface area contributed by atoms with Gasteiger partial charge in [-0.2, -0.15) is 5.10 Å². The molecule has 0 saturated carbocycles. The number of halogens is 2. The van der Waals surface area contributed by atoms with Crippen LogP contribution >= 0.6 is 0 Å². The Balaban J connectivity index is 2.12. The minimum atomic E-state index is -0.436. The van der Waals surface area contributed by atoms with Gasteiger partial charge in [-0.3, -0.25) is 5.10 Å². The Bertz CT molecular complexity index is 511. The third kappa shape index (κ3) is 2.73. The van der Waals surface area contributed by atoms with Gasteiger partial charge >= 0.3 is 0 Å². The molecule has 5 heteroatoms. The zero-order valence-electron chi connectivity index (χ0n) is 10.2. The monoisotopic (exact) mass is 251 g/mol. The van der Waals surface area contributed by atoms with Crippen LogP contribution in [-0.4, -0.2) is 10.2 Å². The Labute approximate surface area is 104 Å². The Hall–Kier alpha value is -1.75. The predicted molar refractivity (Wildman–Crippen MR) is 64.9 cm³/mol. The van der Waals surface area contributed by atoms with E-state index < -0.39 is 11.6 Å². The topological polar surface area (TPSA) is 40.7 Å². The van der Waals surface area contributed by atoms with Crippen LogP contribution in [0.4, 0.5) is 8.78 Å². The third-order valence-electron chi connectivity index (χ3n) is 2.91. The fourth-order valence-corrected chi connectivity index (χ4v) is 1.91. The highest BCUT2D eigenvalue weighted by Crippen LogP contribution is 2.21. The maximum Gasteiger partial charge on any atom is 0.128 e. The van der Waals surface area contributed by atoms with E-state index in [2.05, 4.69) is 15.5 Å². The van der Waals surface area contributed by atoms with Gasteiger partial charge in [0.05, 0.1) is 5.69 Å². The summed E-state index contributed by atoms with van der Waals surface area (Å²) < 4.78 is 26.7. The lowest BCUT2D eigenvalue weighted by atomic mass is 10.1. The van der Waals surface area contributed by atoms with E-state index >= 15 is 0 Å². The van der Waals surface area contributed by atoms with Crippen LogP contribution in [0.3, 0.4) is 0 Å². The fraction of sp³-hybridized carbons (Fsp3) is 0.308. The lowest BCUT2D eigenvalue weighted by Gasteiger charge is -2.19. The van der Waals surface area contributed by atoms with Crippen molar-refractivity contribution in [2.45, 2.75) is 25.9 Å². The van der Waals surface area contributed by atoms with Crippen molar-refractivity contribution in [3.05, 3.63) is 53.4 Å². The first-order valence-electron chi connectivity index (χ1n) is 5.78. The molecule has 0 fully saturated rings. The molecule has 0 spiro atoms. The highest BCUT2D eigenvalue weighted by molar-refractivity contribution is 5.22. The van der Waals surface area contributed by atoms with E-state index in [-0.39, 0.29) is 12.1 Å². The quantitative estimate of drug-likeness (QED) is 0.876. The summed E-state index contributed by atoms with van der Waals surface area (Å²) in [7, 11) is 0. The molecular weight excluding hydrogens is 236 g/mol. The van der Waals surface area contributed by atoms with Gasteiger partial charge in [0.25, 0.3) is 0 Å². The minimum Gasteiger partial charge on any atom is -0.302 e. The molecule has 0 radical (unpaired) electrons. The van der Waals surface area contributed by atoms with E-state index in [1.54, 1.807) is 13.1 Å². The van der Waals surface area contributed by atoms with Crippen molar-refractivity contribution in [2.75, 3.05) is 0 Å². The van der Waals surface area contributed by atoms with Crippen LogP contribution < -0.4 is 5.32 Å². The first kappa shape index (κ1) is 12.7. The molecule has 96 valence electrons. The van der Waals surface area contributed by atoms with E-state index in [9.17, 15) is 8.78 Å². The summed E-state index contributed by atoms with van der Waals surface area (Å²) in [5.41, 5.74) is 1.22. The van der Waals surface area contributed by atoms with Crippen LogP contribution in [0.2, 0.25) is 0 Å². The second-order valence-electron chi connectivity index (χ2n) is 4.29. The highest BCUT2D eigenvalue weighted by Gasteiger charge is 2.15. The van der Waals surface area contributed by atoms with Gasteiger partial charge in [0, 0.05) is 23.8 Å². The minimum absolute atomic E-state index is 0.0230. The van der Waals surface area contributed by atoms with Crippen molar-refractivity contribution < 1.29 is 8.78 Å². The zero-order chi connectivity index (χ0) is 13.1.